The first-order chi connectivity index (χ1) is 9.56. The molecular weight excluding hydrogens is 262 g/mol. The van der Waals surface area contributed by atoms with Gasteiger partial charge in [-0.3, -0.25) is 4.79 Å². The number of rotatable bonds is 5. The van der Waals surface area contributed by atoms with Gasteiger partial charge in [0.15, 0.2) is 0 Å². The number of aryl methyl sites for hydroxylation is 1. The van der Waals surface area contributed by atoms with E-state index in [1.807, 2.05) is 6.07 Å². The number of aliphatic carboxylic acids is 1. The van der Waals surface area contributed by atoms with Crippen LogP contribution in [-0.4, -0.2) is 11.1 Å². The Labute approximate surface area is 115 Å². The van der Waals surface area contributed by atoms with Crippen molar-refractivity contribution in [3.8, 4) is 0 Å². The Kier molecular flexibility index (Phi) is 4.45. The zero-order chi connectivity index (χ0) is 14.5. The lowest BCUT2D eigenvalue weighted by Gasteiger charge is -2.12. The maximum Gasteiger partial charge on any atom is 0.310 e. The molecule has 2 rings (SSSR count). The summed E-state index contributed by atoms with van der Waals surface area (Å²) in [6.45, 7) is 0. The van der Waals surface area contributed by atoms with E-state index < -0.39 is 23.5 Å². The summed E-state index contributed by atoms with van der Waals surface area (Å²) in [4.78, 5) is 11.3. The monoisotopic (exact) mass is 276 g/mol. The molecule has 0 fully saturated rings. The van der Waals surface area contributed by atoms with E-state index in [9.17, 15) is 18.7 Å². The number of carboxylic acid groups (broad SMARTS) is 1. The summed E-state index contributed by atoms with van der Waals surface area (Å²) in [7, 11) is 0. The van der Waals surface area contributed by atoms with E-state index in [-0.39, 0.29) is 0 Å². The summed E-state index contributed by atoms with van der Waals surface area (Å²) in [6, 6.07) is 12.1. The predicted molar refractivity (Wildman–Crippen MR) is 71.5 cm³/mol. The Hall–Kier alpha value is -2.23. The molecule has 0 spiro atoms. The quantitative estimate of drug-likeness (QED) is 0.902. The van der Waals surface area contributed by atoms with Gasteiger partial charge in [0, 0.05) is 6.07 Å². The average Bonchev–Trinajstić information content (AvgIpc) is 2.38. The van der Waals surface area contributed by atoms with Crippen molar-refractivity contribution in [2.75, 3.05) is 0 Å². The molecule has 2 aromatic rings. The van der Waals surface area contributed by atoms with E-state index in [2.05, 4.69) is 0 Å². The van der Waals surface area contributed by atoms with E-state index >= 15 is 0 Å². The van der Waals surface area contributed by atoms with Crippen molar-refractivity contribution in [2.24, 2.45) is 0 Å². The van der Waals surface area contributed by atoms with Crippen LogP contribution in [0.15, 0.2) is 48.5 Å². The molecule has 0 aliphatic carbocycles. The van der Waals surface area contributed by atoms with Crippen molar-refractivity contribution < 1.29 is 18.7 Å². The fraction of sp³-hybridized carbons (Fsp3) is 0.188. The zero-order valence-electron chi connectivity index (χ0n) is 10.7. The highest BCUT2D eigenvalue weighted by Crippen LogP contribution is 2.22. The highest BCUT2D eigenvalue weighted by molar-refractivity contribution is 5.76. The Morgan fingerprint density at radius 2 is 1.65 bits per heavy atom. The molecule has 20 heavy (non-hydrogen) atoms. The van der Waals surface area contributed by atoms with Gasteiger partial charge in [-0.15, -0.1) is 0 Å². The van der Waals surface area contributed by atoms with E-state index in [1.54, 1.807) is 24.3 Å². The van der Waals surface area contributed by atoms with Crippen LogP contribution >= 0.6 is 0 Å². The standard InChI is InChI=1S/C16H14F2O2/c17-13-8-11(9-14(18)10-13)6-7-15(16(19)20)12-4-2-1-3-5-12/h1-5,8-10,15H,6-7H2,(H,19,20). The molecular formula is C16H14F2O2. The number of hydrogen-bond donors (Lipinski definition) is 1. The van der Waals surface area contributed by atoms with Crippen LogP contribution in [0.4, 0.5) is 8.78 Å². The Bertz CT molecular complexity index is 576. The molecule has 0 saturated heterocycles. The molecule has 0 bridgehead atoms. The first-order valence-electron chi connectivity index (χ1n) is 6.29. The topological polar surface area (TPSA) is 37.3 Å². The normalized spacial score (nSPS) is 12.1. The summed E-state index contributed by atoms with van der Waals surface area (Å²) in [5, 5.41) is 9.27. The molecule has 1 N–H and O–H groups in total. The Morgan fingerprint density at radius 1 is 1.05 bits per heavy atom. The average molecular weight is 276 g/mol. The van der Waals surface area contributed by atoms with Gasteiger partial charge in [-0.25, -0.2) is 8.78 Å². The van der Waals surface area contributed by atoms with Crippen LogP contribution in [0.5, 0.6) is 0 Å². The third-order valence-electron chi connectivity index (χ3n) is 3.14. The molecule has 1 atom stereocenters. The molecule has 0 aromatic heterocycles. The van der Waals surface area contributed by atoms with Crippen LogP contribution in [0.2, 0.25) is 0 Å². The van der Waals surface area contributed by atoms with Gasteiger partial charge < -0.3 is 5.11 Å². The third kappa shape index (κ3) is 3.63. The number of carbonyl (C=O) groups is 1. The lowest BCUT2D eigenvalue weighted by molar-refractivity contribution is -0.138. The van der Waals surface area contributed by atoms with E-state index in [0.717, 1.165) is 6.07 Å². The lowest BCUT2D eigenvalue weighted by atomic mass is 9.92. The van der Waals surface area contributed by atoms with Gasteiger partial charge in [0.25, 0.3) is 0 Å². The fourth-order valence-corrected chi connectivity index (χ4v) is 2.18. The minimum atomic E-state index is -0.937. The van der Waals surface area contributed by atoms with Gasteiger partial charge in [-0.05, 0) is 36.1 Å². The van der Waals surface area contributed by atoms with Gasteiger partial charge in [-0.2, -0.15) is 0 Å². The summed E-state index contributed by atoms with van der Waals surface area (Å²) >= 11 is 0. The largest absolute Gasteiger partial charge is 0.481 e. The van der Waals surface area contributed by atoms with Crippen molar-refractivity contribution in [2.45, 2.75) is 18.8 Å². The molecule has 0 amide bonds. The zero-order valence-corrected chi connectivity index (χ0v) is 10.7. The first-order valence-corrected chi connectivity index (χ1v) is 6.29. The van der Waals surface area contributed by atoms with Crippen molar-refractivity contribution in [3.05, 3.63) is 71.3 Å². The molecule has 2 nitrogen and oxygen atoms in total. The predicted octanol–water partition coefficient (Wildman–Crippen LogP) is 3.77. The summed E-state index contributed by atoms with van der Waals surface area (Å²) in [5.74, 6) is -2.91. The van der Waals surface area contributed by atoms with Gasteiger partial charge >= 0.3 is 5.97 Å². The maximum atomic E-state index is 13.1. The van der Waals surface area contributed by atoms with Crippen molar-refractivity contribution in [1.29, 1.82) is 0 Å². The van der Waals surface area contributed by atoms with Crippen LogP contribution in [0.1, 0.15) is 23.5 Å². The maximum absolute atomic E-state index is 13.1. The number of carboxylic acids is 1. The van der Waals surface area contributed by atoms with E-state index in [0.29, 0.717) is 24.0 Å². The first kappa shape index (κ1) is 14.2. The van der Waals surface area contributed by atoms with Crippen molar-refractivity contribution in [3.63, 3.8) is 0 Å². The molecule has 0 heterocycles. The van der Waals surface area contributed by atoms with Crippen LogP contribution in [0, 0.1) is 11.6 Å². The minimum absolute atomic E-state index is 0.294. The van der Waals surface area contributed by atoms with E-state index in [4.69, 9.17) is 0 Å². The van der Waals surface area contributed by atoms with E-state index in [1.165, 1.54) is 12.1 Å². The van der Waals surface area contributed by atoms with Crippen LogP contribution < -0.4 is 0 Å². The third-order valence-corrected chi connectivity index (χ3v) is 3.14. The molecule has 2 aromatic carbocycles. The second-order valence-electron chi connectivity index (χ2n) is 4.62. The van der Waals surface area contributed by atoms with Crippen LogP contribution in [-0.2, 0) is 11.2 Å². The smallest absolute Gasteiger partial charge is 0.310 e. The Balaban J connectivity index is 2.12. The molecule has 0 aliphatic heterocycles. The molecule has 0 aliphatic rings. The second kappa shape index (κ2) is 6.28. The molecule has 0 saturated carbocycles. The Morgan fingerprint density at radius 3 is 2.20 bits per heavy atom. The summed E-state index contributed by atoms with van der Waals surface area (Å²) in [6.07, 6.45) is 0.600. The second-order valence-corrected chi connectivity index (χ2v) is 4.62. The van der Waals surface area contributed by atoms with Gasteiger partial charge in [0.2, 0.25) is 0 Å². The molecule has 0 radical (unpaired) electrons. The van der Waals surface area contributed by atoms with Crippen molar-refractivity contribution in [1.82, 2.24) is 0 Å². The molecule has 4 heteroatoms. The summed E-state index contributed by atoms with van der Waals surface area (Å²) in [5.41, 5.74) is 1.15. The van der Waals surface area contributed by atoms with Gasteiger partial charge in [-0.1, -0.05) is 30.3 Å². The van der Waals surface area contributed by atoms with Crippen LogP contribution in [0.25, 0.3) is 0 Å². The lowest BCUT2D eigenvalue weighted by Crippen LogP contribution is -2.12. The summed E-state index contributed by atoms with van der Waals surface area (Å²) < 4.78 is 26.2. The molecule has 104 valence electrons. The van der Waals surface area contributed by atoms with Gasteiger partial charge in [0.1, 0.15) is 11.6 Å². The van der Waals surface area contributed by atoms with Crippen molar-refractivity contribution >= 4 is 5.97 Å². The fourth-order valence-electron chi connectivity index (χ4n) is 2.18. The SMILES string of the molecule is O=C(O)C(CCc1cc(F)cc(F)c1)c1ccccc1. The number of hydrogen-bond acceptors (Lipinski definition) is 1. The van der Waals surface area contributed by atoms with Crippen LogP contribution in [0.3, 0.4) is 0 Å². The highest BCUT2D eigenvalue weighted by Gasteiger charge is 2.19. The number of halogens is 2. The minimum Gasteiger partial charge on any atom is -0.481 e. The number of benzene rings is 2. The van der Waals surface area contributed by atoms with Gasteiger partial charge in [0.05, 0.1) is 5.92 Å². The molecule has 1 unspecified atom stereocenters. The highest BCUT2D eigenvalue weighted by atomic mass is 19.1.